The second-order valence-electron chi connectivity index (χ2n) is 8.05. The van der Waals surface area contributed by atoms with Crippen LogP contribution in [0.4, 0.5) is 0 Å². The number of ether oxygens (including phenoxy) is 1. The van der Waals surface area contributed by atoms with Gasteiger partial charge in [-0.05, 0) is 57.9 Å². The molecular weight excluding hydrogens is 464 g/mol. The third kappa shape index (κ3) is 7.59. The van der Waals surface area contributed by atoms with Crippen LogP contribution < -0.4 is 5.32 Å². The van der Waals surface area contributed by atoms with Gasteiger partial charge in [0.25, 0.3) is 0 Å². The summed E-state index contributed by atoms with van der Waals surface area (Å²) in [6.07, 6.45) is 1.63. The third-order valence-corrected chi connectivity index (χ3v) is 6.46. The van der Waals surface area contributed by atoms with E-state index >= 15 is 0 Å². The summed E-state index contributed by atoms with van der Waals surface area (Å²) in [5.74, 6) is 0.203. The second kappa shape index (κ2) is 13.0. The minimum atomic E-state index is -1.07. The van der Waals surface area contributed by atoms with Gasteiger partial charge in [0.15, 0.2) is 0 Å². The Bertz CT molecular complexity index is 1190. The summed E-state index contributed by atoms with van der Waals surface area (Å²) in [4.78, 5) is 11.7. The molecular formula is C25H36N6O3S. The summed E-state index contributed by atoms with van der Waals surface area (Å²) >= 11 is 0. The summed E-state index contributed by atoms with van der Waals surface area (Å²) in [6.45, 7) is 3.23. The fraction of sp³-hybridized carbons (Fsp3) is 0.280. The number of hydrogen-bond donors (Lipinski definition) is 3. The zero-order valence-electron chi connectivity index (χ0n) is 20.4. The lowest BCUT2D eigenvalue weighted by atomic mass is 10.1. The van der Waals surface area contributed by atoms with E-state index in [0.717, 1.165) is 29.1 Å². The molecule has 0 spiro atoms. The fourth-order valence-corrected chi connectivity index (χ4v) is 4.36. The maximum atomic E-state index is 12.4. The van der Waals surface area contributed by atoms with E-state index in [2.05, 4.69) is 15.3 Å². The topological polar surface area (TPSA) is 147 Å². The molecule has 10 heteroatoms. The van der Waals surface area contributed by atoms with Crippen molar-refractivity contribution in [1.29, 1.82) is 10.8 Å². The number of benzene rings is 2. The molecule has 2 aromatic carbocycles. The minimum absolute atomic E-state index is 0. The Balaban J connectivity index is 0.00000432. The van der Waals surface area contributed by atoms with Crippen molar-refractivity contribution in [3.63, 3.8) is 0 Å². The van der Waals surface area contributed by atoms with Crippen molar-refractivity contribution in [3.05, 3.63) is 77.2 Å². The Labute approximate surface area is 211 Å². The first-order valence-electron chi connectivity index (χ1n) is 10.8. The van der Waals surface area contributed by atoms with Gasteiger partial charge in [-0.15, -0.1) is 0 Å². The lowest BCUT2D eigenvalue weighted by Gasteiger charge is -2.12. The third-order valence-electron chi connectivity index (χ3n) is 5.11. The van der Waals surface area contributed by atoms with Gasteiger partial charge in [-0.2, -0.15) is 0 Å². The number of nitrogens with zero attached hydrogens (tertiary/aromatic N) is 3. The molecule has 0 radical (unpaired) electrons. The Morgan fingerprint density at radius 2 is 1.74 bits per heavy atom. The zero-order valence-corrected chi connectivity index (χ0v) is 21.2. The predicted octanol–water partition coefficient (Wildman–Crippen LogP) is 2.88. The van der Waals surface area contributed by atoms with Crippen molar-refractivity contribution >= 4 is 22.6 Å². The van der Waals surface area contributed by atoms with E-state index in [4.69, 9.17) is 15.6 Å². The molecule has 1 atom stereocenters. The predicted molar refractivity (Wildman–Crippen MR) is 144 cm³/mol. The number of rotatable bonds is 9. The highest BCUT2D eigenvalue weighted by molar-refractivity contribution is 7.85. The summed E-state index contributed by atoms with van der Waals surface area (Å²) in [5, 5.41) is 19.7. The molecule has 0 aliphatic carbocycles. The standard InChI is InChI=1S/C25H30N6O2S.H2O.2H2/c1-17-23(25(27)33-24(26)20-7-5-18(6-8-20)15-28-2)30-22(16-29-17)19-9-11-21(12-10-19)34(32)14-13-31(3)4;;;/h5-12,16,26-28H,13-15H2,1-4H3;1H2;2*1H. The van der Waals surface area contributed by atoms with Gasteiger partial charge >= 0.3 is 0 Å². The molecule has 1 unspecified atom stereocenters. The van der Waals surface area contributed by atoms with E-state index in [0.29, 0.717) is 22.7 Å². The first-order chi connectivity index (χ1) is 16.3. The van der Waals surface area contributed by atoms with Crippen LogP contribution in [0.5, 0.6) is 0 Å². The molecule has 0 aliphatic rings. The summed E-state index contributed by atoms with van der Waals surface area (Å²) in [7, 11) is 4.72. The van der Waals surface area contributed by atoms with Crippen molar-refractivity contribution in [2.45, 2.75) is 18.4 Å². The molecule has 1 heterocycles. The van der Waals surface area contributed by atoms with Gasteiger partial charge in [-0.1, -0.05) is 24.3 Å². The lowest BCUT2D eigenvalue weighted by molar-refractivity contribution is 0.435. The molecule has 0 saturated heterocycles. The maximum absolute atomic E-state index is 12.4. The van der Waals surface area contributed by atoms with Crippen LogP contribution in [-0.2, 0) is 22.1 Å². The molecule has 3 aromatic rings. The SMILES string of the molecule is CNCc1ccc(C(=N)OC(=N)c2nc(-c3ccc(S(=O)CCN(C)C)cc3)cnc2C)cc1.O.[HH].[HH]. The highest BCUT2D eigenvalue weighted by atomic mass is 32.2. The molecule has 9 nitrogen and oxygen atoms in total. The monoisotopic (exact) mass is 500 g/mol. The summed E-state index contributed by atoms with van der Waals surface area (Å²) in [5.41, 5.74) is 3.84. The smallest absolute Gasteiger partial charge is 0.241 e. The molecule has 5 N–H and O–H groups in total. The number of hydrogen-bond acceptors (Lipinski definition) is 8. The number of aryl methyl sites for hydroxylation is 1. The average Bonchev–Trinajstić information content (AvgIpc) is 2.83. The molecule has 35 heavy (non-hydrogen) atoms. The van der Waals surface area contributed by atoms with E-state index in [1.54, 1.807) is 25.3 Å². The van der Waals surface area contributed by atoms with Crippen LogP contribution in [0.3, 0.4) is 0 Å². The van der Waals surface area contributed by atoms with Gasteiger partial charge in [-0.3, -0.25) is 20.0 Å². The van der Waals surface area contributed by atoms with E-state index in [-0.39, 0.29) is 25.8 Å². The van der Waals surface area contributed by atoms with Crippen LogP contribution in [-0.4, -0.2) is 69.8 Å². The summed E-state index contributed by atoms with van der Waals surface area (Å²) in [6, 6.07) is 14.8. The Kier molecular flexibility index (Phi) is 10.3. The van der Waals surface area contributed by atoms with Crippen LogP contribution in [0.15, 0.2) is 59.6 Å². The van der Waals surface area contributed by atoms with Crippen molar-refractivity contribution in [2.24, 2.45) is 0 Å². The lowest BCUT2D eigenvalue weighted by Crippen LogP contribution is -2.19. The second-order valence-corrected chi connectivity index (χ2v) is 9.62. The minimum Gasteiger partial charge on any atom is -0.419 e. The van der Waals surface area contributed by atoms with Gasteiger partial charge in [0.2, 0.25) is 11.8 Å². The average molecular weight is 501 g/mol. The normalized spacial score (nSPS) is 11.6. The molecule has 0 amide bonds. The van der Waals surface area contributed by atoms with Gasteiger partial charge in [0.05, 0.1) is 28.4 Å². The molecule has 0 aliphatic heterocycles. The number of nitrogens with one attached hydrogen (secondary N) is 3. The molecule has 0 bridgehead atoms. The quantitative estimate of drug-likeness (QED) is 0.304. The largest absolute Gasteiger partial charge is 0.419 e. The van der Waals surface area contributed by atoms with Gasteiger partial charge in [0.1, 0.15) is 5.69 Å². The van der Waals surface area contributed by atoms with E-state index < -0.39 is 10.8 Å². The molecule has 190 valence electrons. The number of aromatic nitrogens is 2. The Morgan fingerprint density at radius 3 is 2.34 bits per heavy atom. The van der Waals surface area contributed by atoms with Crippen molar-refractivity contribution in [3.8, 4) is 11.3 Å². The van der Waals surface area contributed by atoms with Gasteiger partial charge < -0.3 is 20.4 Å². The molecule has 0 fully saturated rings. The molecule has 1 aromatic heterocycles. The highest BCUT2D eigenvalue weighted by Crippen LogP contribution is 2.20. The maximum Gasteiger partial charge on any atom is 0.241 e. The van der Waals surface area contributed by atoms with Crippen LogP contribution in [0.1, 0.15) is 25.4 Å². The highest BCUT2D eigenvalue weighted by Gasteiger charge is 2.16. The zero-order chi connectivity index (χ0) is 24.7. The van der Waals surface area contributed by atoms with Gasteiger partial charge in [-0.25, -0.2) is 4.98 Å². The van der Waals surface area contributed by atoms with Crippen molar-refractivity contribution < 1.29 is 17.3 Å². The Morgan fingerprint density at radius 1 is 1.09 bits per heavy atom. The van der Waals surface area contributed by atoms with Crippen molar-refractivity contribution in [2.75, 3.05) is 33.4 Å². The first kappa shape index (κ1) is 27.9. The first-order valence-corrected chi connectivity index (χ1v) is 12.2. The van der Waals surface area contributed by atoms with Gasteiger partial charge in [0, 0.05) is 37.7 Å². The van der Waals surface area contributed by atoms with E-state index in [9.17, 15) is 4.21 Å². The van der Waals surface area contributed by atoms with Crippen LogP contribution in [0.2, 0.25) is 0 Å². The van der Waals surface area contributed by atoms with Crippen molar-refractivity contribution in [1.82, 2.24) is 20.2 Å². The molecule has 3 rings (SSSR count). The van der Waals surface area contributed by atoms with E-state index in [1.165, 1.54) is 0 Å². The van der Waals surface area contributed by atoms with Crippen LogP contribution in [0, 0.1) is 17.7 Å². The summed E-state index contributed by atoms with van der Waals surface area (Å²) < 4.78 is 17.9. The Hall–Kier alpha value is -3.31. The molecule has 0 saturated carbocycles. The fourth-order valence-electron chi connectivity index (χ4n) is 3.15. The van der Waals surface area contributed by atoms with Crippen LogP contribution >= 0.6 is 0 Å². The van der Waals surface area contributed by atoms with Crippen LogP contribution in [0.25, 0.3) is 11.3 Å². The van der Waals surface area contributed by atoms with E-state index in [1.807, 2.05) is 62.4 Å².